The van der Waals surface area contributed by atoms with E-state index in [4.69, 9.17) is 26.2 Å². The average molecular weight is 134 g/mol. The lowest BCUT2D eigenvalue weighted by Crippen LogP contribution is -2.05. The molecule has 0 spiro atoms. The summed E-state index contributed by atoms with van der Waals surface area (Å²) in [4.78, 5) is 8.56. The predicted molar refractivity (Wildman–Crippen MR) is 32.9 cm³/mol. The number of nitrogens with two attached hydrogens (primary N) is 1. The smallest absolute Gasteiger partial charge is 0.450 e. The van der Waals surface area contributed by atoms with Crippen LogP contribution < -0.4 is 5.73 Å². The predicted octanol–water partition coefficient (Wildman–Crippen LogP) is 0.555. The Kier molecular flexibility index (Phi) is 7.99. The van der Waals surface area contributed by atoms with Crippen LogP contribution in [0.4, 0.5) is 4.79 Å². The van der Waals surface area contributed by atoms with Gasteiger partial charge < -0.3 is 15.9 Å². The maximum Gasteiger partial charge on any atom is 0.503 e. The molecule has 0 fully saturated rings. The lowest BCUT2D eigenvalue weighted by molar-refractivity contribution is 0.137. The van der Waals surface area contributed by atoms with E-state index in [1.54, 1.807) is 0 Å². The van der Waals surface area contributed by atoms with E-state index in [9.17, 15) is 0 Å². The molecule has 0 aliphatic rings. The highest BCUT2D eigenvalue weighted by molar-refractivity contribution is 5.76. The van der Waals surface area contributed by atoms with Gasteiger partial charge >= 0.3 is 6.16 Å². The Hall–Kier alpha value is -1.26. The van der Waals surface area contributed by atoms with Crippen molar-refractivity contribution in [1.29, 1.82) is 5.41 Å². The van der Waals surface area contributed by atoms with Crippen molar-refractivity contribution in [3.63, 3.8) is 0 Å². The number of carboxylic acid groups (broad SMARTS) is 2. The first-order chi connectivity index (χ1) is 4.00. The second-order valence-corrected chi connectivity index (χ2v) is 1.16. The normalized spacial score (nSPS) is 6.78. The minimum absolute atomic E-state index is 0.255. The Bertz CT molecular complexity index is 98.0. The molecule has 0 bridgehead atoms. The molecule has 0 aromatic heterocycles. The fourth-order valence-electron chi connectivity index (χ4n) is 0. The summed E-state index contributed by atoms with van der Waals surface area (Å²) in [7, 11) is 0. The molecule has 0 radical (unpaired) electrons. The number of hydrogen-bond acceptors (Lipinski definition) is 2. The molecule has 0 unspecified atom stereocenters. The minimum atomic E-state index is -1.83. The third-order valence-electron chi connectivity index (χ3n) is 0.381. The zero-order chi connectivity index (χ0) is 7.86. The van der Waals surface area contributed by atoms with Crippen LogP contribution in [0.2, 0.25) is 0 Å². The summed E-state index contributed by atoms with van der Waals surface area (Å²) < 4.78 is 0. The van der Waals surface area contributed by atoms with Gasteiger partial charge in [0.25, 0.3) is 0 Å². The third kappa shape index (κ3) is 277. The Labute approximate surface area is 52.6 Å². The minimum Gasteiger partial charge on any atom is -0.450 e. The van der Waals surface area contributed by atoms with Gasteiger partial charge in [-0.2, -0.15) is 0 Å². The summed E-state index contributed by atoms with van der Waals surface area (Å²) in [5.41, 5.74) is 4.88. The fraction of sp³-hybridized carbons (Fsp3) is 0.500. The summed E-state index contributed by atoms with van der Waals surface area (Å²) in [6.45, 7) is 1.85. The van der Waals surface area contributed by atoms with E-state index >= 15 is 0 Å². The molecule has 0 aliphatic carbocycles. The number of hydrogen-bond donors (Lipinski definition) is 4. The van der Waals surface area contributed by atoms with Gasteiger partial charge in [0.2, 0.25) is 0 Å². The molecule has 0 aromatic carbocycles. The van der Waals surface area contributed by atoms with Gasteiger partial charge in [0.05, 0.1) is 5.84 Å². The Morgan fingerprint density at radius 3 is 1.78 bits per heavy atom. The molecule has 5 N–H and O–H groups in total. The Morgan fingerprint density at radius 1 is 1.67 bits per heavy atom. The molecular weight excluding hydrogens is 124 g/mol. The number of carbonyl (C=O) groups is 1. The monoisotopic (exact) mass is 134 g/mol. The van der Waals surface area contributed by atoms with E-state index in [-0.39, 0.29) is 5.84 Å². The quantitative estimate of drug-likeness (QED) is 0.310. The van der Waals surface area contributed by atoms with E-state index in [1.807, 2.05) is 6.92 Å². The van der Waals surface area contributed by atoms with Crippen LogP contribution in [0.15, 0.2) is 0 Å². The van der Waals surface area contributed by atoms with Gasteiger partial charge in [0.1, 0.15) is 0 Å². The van der Waals surface area contributed by atoms with Crippen molar-refractivity contribution >= 4 is 12.0 Å². The Balaban J connectivity index is 0. The van der Waals surface area contributed by atoms with Crippen LogP contribution in [0, 0.1) is 5.41 Å². The molecule has 5 heteroatoms. The van der Waals surface area contributed by atoms with Gasteiger partial charge in [-0.05, 0) is 0 Å². The van der Waals surface area contributed by atoms with Gasteiger partial charge in [-0.25, -0.2) is 4.79 Å². The first kappa shape index (κ1) is 10.7. The van der Waals surface area contributed by atoms with Crippen molar-refractivity contribution in [3.8, 4) is 0 Å². The summed E-state index contributed by atoms with van der Waals surface area (Å²) in [6.07, 6.45) is -1.17. The fourth-order valence-corrected chi connectivity index (χ4v) is 0. The Morgan fingerprint density at radius 2 is 1.78 bits per heavy atom. The molecule has 0 saturated heterocycles. The topological polar surface area (TPSA) is 107 Å². The van der Waals surface area contributed by atoms with E-state index in [1.165, 1.54) is 0 Å². The maximum absolute atomic E-state index is 8.56. The SMILES string of the molecule is CCC(=N)N.O=C(O)O. The maximum atomic E-state index is 8.56. The van der Waals surface area contributed by atoms with E-state index in [2.05, 4.69) is 0 Å². The summed E-state index contributed by atoms with van der Waals surface area (Å²) in [6, 6.07) is 0. The van der Waals surface area contributed by atoms with Gasteiger partial charge in [0.15, 0.2) is 0 Å². The van der Waals surface area contributed by atoms with Crippen molar-refractivity contribution in [2.45, 2.75) is 13.3 Å². The second-order valence-electron chi connectivity index (χ2n) is 1.16. The lowest BCUT2D eigenvalue weighted by atomic mass is 10.5. The van der Waals surface area contributed by atoms with Gasteiger partial charge in [0, 0.05) is 6.42 Å². The molecule has 5 nitrogen and oxygen atoms in total. The van der Waals surface area contributed by atoms with E-state index in [0.717, 1.165) is 0 Å². The highest BCUT2D eigenvalue weighted by Gasteiger charge is 1.71. The molecule has 0 rings (SSSR count). The first-order valence-electron chi connectivity index (χ1n) is 2.25. The number of rotatable bonds is 1. The molecular formula is C4H10N2O3. The van der Waals surface area contributed by atoms with E-state index in [0.29, 0.717) is 6.42 Å². The van der Waals surface area contributed by atoms with Crippen LogP contribution in [0.1, 0.15) is 13.3 Å². The van der Waals surface area contributed by atoms with E-state index < -0.39 is 6.16 Å². The summed E-state index contributed by atoms with van der Waals surface area (Å²) in [5, 5.41) is 20.5. The largest absolute Gasteiger partial charge is 0.503 e. The molecule has 0 saturated carbocycles. The molecule has 0 aromatic rings. The molecule has 0 heterocycles. The highest BCUT2D eigenvalue weighted by Crippen LogP contribution is 1.64. The number of nitrogens with one attached hydrogen (secondary N) is 1. The van der Waals surface area contributed by atoms with Gasteiger partial charge in [-0.15, -0.1) is 0 Å². The van der Waals surface area contributed by atoms with Crippen LogP contribution in [-0.2, 0) is 0 Å². The number of amidine groups is 1. The summed E-state index contributed by atoms with van der Waals surface area (Å²) >= 11 is 0. The molecule has 0 atom stereocenters. The lowest BCUT2D eigenvalue weighted by Gasteiger charge is -1.79. The van der Waals surface area contributed by atoms with Crippen molar-refractivity contribution < 1.29 is 15.0 Å². The van der Waals surface area contributed by atoms with Crippen molar-refractivity contribution in [3.05, 3.63) is 0 Å². The molecule has 54 valence electrons. The van der Waals surface area contributed by atoms with Crippen LogP contribution in [0.3, 0.4) is 0 Å². The molecule has 0 amide bonds. The highest BCUT2D eigenvalue weighted by atomic mass is 16.6. The second kappa shape index (κ2) is 6.74. The van der Waals surface area contributed by atoms with Gasteiger partial charge in [-0.1, -0.05) is 6.92 Å². The zero-order valence-corrected chi connectivity index (χ0v) is 5.09. The molecule has 9 heavy (non-hydrogen) atoms. The zero-order valence-electron chi connectivity index (χ0n) is 5.09. The first-order valence-corrected chi connectivity index (χ1v) is 2.25. The molecule has 0 aliphatic heterocycles. The van der Waals surface area contributed by atoms with Crippen LogP contribution in [0.5, 0.6) is 0 Å². The van der Waals surface area contributed by atoms with Crippen molar-refractivity contribution in [2.24, 2.45) is 5.73 Å². The standard InChI is InChI=1S/C3H8N2.CH2O3/c1-2-3(4)5;2-1(3)4/h2H2,1H3,(H3,4,5);(H2,2,3,4). The van der Waals surface area contributed by atoms with Crippen LogP contribution in [-0.4, -0.2) is 22.2 Å². The third-order valence-corrected chi connectivity index (χ3v) is 0.381. The van der Waals surface area contributed by atoms with Crippen LogP contribution in [0.25, 0.3) is 0 Å². The van der Waals surface area contributed by atoms with Gasteiger partial charge in [-0.3, -0.25) is 5.41 Å². The average Bonchev–Trinajstić information content (AvgIpc) is 1.65. The van der Waals surface area contributed by atoms with Crippen molar-refractivity contribution in [2.75, 3.05) is 0 Å². The summed E-state index contributed by atoms with van der Waals surface area (Å²) in [5.74, 6) is 0.255. The van der Waals surface area contributed by atoms with Crippen molar-refractivity contribution in [1.82, 2.24) is 0 Å². The van der Waals surface area contributed by atoms with Crippen LogP contribution >= 0.6 is 0 Å².